The molecule has 2 N–H and O–H groups in total. The standard InChI is InChI=1S/C21H20ClN3O5/c22-19-16(7-4-9-23-19)18(26)17(20(27)28)11-24-15-8-10-25(12-15)21(29)30-13-14-5-2-1-3-6-14/h1-7,9,11,15,24H,8,10,12-13H2,(H,27,28)/b17-11+. The highest BCUT2D eigenvalue weighted by molar-refractivity contribution is 6.35. The van der Waals surface area contributed by atoms with Gasteiger partial charge in [0.15, 0.2) is 0 Å². The second kappa shape index (κ2) is 9.89. The molecule has 0 aliphatic carbocycles. The molecule has 1 saturated heterocycles. The third-order valence-electron chi connectivity index (χ3n) is 4.59. The fourth-order valence-electron chi connectivity index (χ4n) is 3.00. The number of hydrogen-bond donors (Lipinski definition) is 2. The van der Waals surface area contributed by atoms with Gasteiger partial charge in [-0.3, -0.25) is 4.79 Å². The molecule has 1 aliphatic heterocycles. The Labute approximate surface area is 178 Å². The highest BCUT2D eigenvalue weighted by Gasteiger charge is 2.28. The van der Waals surface area contributed by atoms with Crippen LogP contribution in [0.15, 0.2) is 60.4 Å². The van der Waals surface area contributed by atoms with Gasteiger partial charge in [0.25, 0.3) is 0 Å². The number of pyridine rings is 1. The van der Waals surface area contributed by atoms with E-state index in [9.17, 15) is 19.5 Å². The molecule has 8 nitrogen and oxygen atoms in total. The van der Waals surface area contributed by atoms with E-state index >= 15 is 0 Å². The number of rotatable bonds is 7. The normalized spacial score (nSPS) is 16.2. The summed E-state index contributed by atoms with van der Waals surface area (Å²) < 4.78 is 5.31. The number of halogens is 1. The van der Waals surface area contributed by atoms with Crippen molar-refractivity contribution in [2.24, 2.45) is 0 Å². The Balaban J connectivity index is 1.57. The number of ketones is 1. The molecule has 1 fully saturated rings. The van der Waals surface area contributed by atoms with Crippen molar-refractivity contribution in [2.75, 3.05) is 13.1 Å². The summed E-state index contributed by atoms with van der Waals surface area (Å²) in [5.74, 6) is -2.13. The Hall–Kier alpha value is -3.39. The third-order valence-corrected chi connectivity index (χ3v) is 4.89. The zero-order valence-electron chi connectivity index (χ0n) is 16.0. The van der Waals surface area contributed by atoms with Crippen molar-refractivity contribution in [3.8, 4) is 0 Å². The molecule has 0 bridgehead atoms. The monoisotopic (exact) mass is 429 g/mol. The Morgan fingerprint density at radius 3 is 2.70 bits per heavy atom. The lowest BCUT2D eigenvalue weighted by Crippen LogP contribution is -2.34. The van der Waals surface area contributed by atoms with Crippen molar-refractivity contribution in [1.29, 1.82) is 0 Å². The van der Waals surface area contributed by atoms with E-state index in [1.54, 1.807) is 0 Å². The molecular formula is C21H20ClN3O5. The molecule has 3 rings (SSSR count). The number of aliphatic carboxylic acids is 1. The molecule has 2 aromatic rings. The average molecular weight is 430 g/mol. The van der Waals surface area contributed by atoms with Crippen LogP contribution in [0, 0.1) is 0 Å². The molecule has 1 aliphatic rings. The quantitative estimate of drug-likeness (QED) is 0.229. The second-order valence-corrected chi connectivity index (χ2v) is 7.03. The molecule has 1 aromatic heterocycles. The van der Waals surface area contributed by atoms with Gasteiger partial charge in [-0.1, -0.05) is 41.9 Å². The maximum Gasteiger partial charge on any atom is 0.410 e. The first-order valence-corrected chi connectivity index (χ1v) is 9.64. The lowest BCUT2D eigenvalue weighted by atomic mass is 10.1. The number of Topliss-reactive ketones (excluding diaryl/α,β-unsaturated/α-hetero) is 1. The average Bonchev–Trinajstić information content (AvgIpc) is 3.22. The van der Waals surface area contributed by atoms with Crippen LogP contribution in [-0.2, 0) is 16.1 Å². The van der Waals surface area contributed by atoms with Gasteiger partial charge in [0, 0.05) is 31.5 Å². The van der Waals surface area contributed by atoms with Gasteiger partial charge in [0.05, 0.1) is 5.56 Å². The van der Waals surface area contributed by atoms with E-state index in [2.05, 4.69) is 10.3 Å². The van der Waals surface area contributed by atoms with Gasteiger partial charge in [-0.05, 0) is 24.1 Å². The van der Waals surface area contributed by atoms with E-state index in [0.717, 1.165) is 11.8 Å². The molecule has 30 heavy (non-hydrogen) atoms. The first kappa shape index (κ1) is 21.3. The molecule has 9 heteroatoms. The van der Waals surface area contributed by atoms with E-state index in [4.69, 9.17) is 16.3 Å². The molecule has 0 radical (unpaired) electrons. The summed E-state index contributed by atoms with van der Waals surface area (Å²) in [6.07, 6.45) is 2.71. The third kappa shape index (κ3) is 5.36. The Bertz CT molecular complexity index is 964. The first-order chi connectivity index (χ1) is 14.5. The van der Waals surface area contributed by atoms with Gasteiger partial charge in [-0.2, -0.15) is 0 Å². The van der Waals surface area contributed by atoms with Crippen LogP contribution in [0.2, 0.25) is 5.15 Å². The van der Waals surface area contributed by atoms with Gasteiger partial charge in [0.2, 0.25) is 5.78 Å². The summed E-state index contributed by atoms with van der Waals surface area (Å²) in [7, 11) is 0. The Kier molecular flexibility index (Phi) is 7.03. The van der Waals surface area contributed by atoms with Crippen molar-refractivity contribution < 1.29 is 24.2 Å². The highest BCUT2D eigenvalue weighted by atomic mass is 35.5. The molecular weight excluding hydrogens is 410 g/mol. The van der Waals surface area contributed by atoms with Crippen molar-refractivity contribution in [1.82, 2.24) is 15.2 Å². The first-order valence-electron chi connectivity index (χ1n) is 9.26. The number of carbonyl (C=O) groups excluding carboxylic acids is 2. The minimum absolute atomic E-state index is 0.00662. The topological polar surface area (TPSA) is 109 Å². The number of likely N-dealkylation sites (tertiary alicyclic amines) is 1. The van der Waals surface area contributed by atoms with Gasteiger partial charge in [-0.25, -0.2) is 14.6 Å². The van der Waals surface area contributed by atoms with E-state index in [-0.39, 0.29) is 23.4 Å². The summed E-state index contributed by atoms with van der Waals surface area (Å²) in [6.45, 7) is 0.973. The van der Waals surface area contributed by atoms with Gasteiger partial charge in [0.1, 0.15) is 17.3 Å². The molecule has 156 valence electrons. The Morgan fingerprint density at radius 2 is 2.00 bits per heavy atom. The number of carboxylic acids is 1. The number of nitrogens with one attached hydrogen (secondary N) is 1. The number of hydrogen-bond acceptors (Lipinski definition) is 6. The van der Waals surface area contributed by atoms with Crippen LogP contribution in [0.3, 0.4) is 0 Å². The van der Waals surface area contributed by atoms with Gasteiger partial charge < -0.3 is 20.1 Å². The molecule has 1 atom stereocenters. The number of carboxylic acid groups (broad SMARTS) is 1. The highest BCUT2D eigenvalue weighted by Crippen LogP contribution is 2.17. The number of carbonyl (C=O) groups is 3. The second-order valence-electron chi connectivity index (χ2n) is 6.67. The van der Waals surface area contributed by atoms with E-state index in [1.165, 1.54) is 23.2 Å². The summed E-state index contributed by atoms with van der Waals surface area (Å²) in [6, 6.07) is 12.1. The van der Waals surface area contributed by atoms with Crippen molar-refractivity contribution in [2.45, 2.75) is 19.1 Å². The van der Waals surface area contributed by atoms with Crippen LogP contribution < -0.4 is 5.32 Å². The molecule has 0 saturated carbocycles. The molecule has 0 spiro atoms. The largest absolute Gasteiger partial charge is 0.477 e. The summed E-state index contributed by atoms with van der Waals surface area (Å²) >= 11 is 5.89. The van der Waals surface area contributed by atoms with Crippen molar-refractivity contribution in [3.05, 3.63) is 76.7 Å². The zero-order chi connectivity index (χ0) is 21.5. The maximum atomic E-state index is 12.5. The predicted molar refractivity (Wildman–Crippen MR) is 109 cm³/mol. The van der Waals surface area contributed by atoms with Crippen molar-refractivity contribution >= 4 is 29.4 Å². The van der Waals surface area contributed by atoms with Crippen LogP contribution in [-0.4, -0.2) is 52.0 Å². The van der Waals surface area contributed by atoms with Crippen LogP contribution in [0.1, 0.15) is 22.3 Å². The molecule has 1 aromatic carbocycles. The summed E-state index contributed by atoms with van der Waals surface area (Å²) in [5, 5.41) is 12.3. The lowest BCUT2D eigenvalue weighted by Gasteiger charge is -2.16. The van der Waals surface area contributed by atoms with Crippen LogP contribution in [0.25, 0.3) is 0 Å². The predicted octanol–water partition coefficient (Wildman–Crippen LogP) is 2.89. The van der Waals surface area contributed by atoms with Gasteiger partial charge in [-0.15, -0.1) is 0 Å². The number of benzene rings is 1. The van der Waals surface area contributed by atoms with E-state index in [1.807, 2.05) is 30.3 Å². The molecule has 1 unspecified atom stereocenters. The van der Waals surface area contributed by atoms with Gasteiger partial charge >= 0.3 is 12.1 Å². The SMILES string of the molecule is O=C(O)/C(=C/NC1CCN(C(=O)OCc2ccccc2)C1)C(=O)c1cccnc1Cl. The minimum atomic E-state index is -1.38. The fourth-order valence-corrected chi connectivity index (χ4v) is 3.20. The maximum absolute atomic E-state index is 12.5. The van der Waals surface area contributed by atoms with E-state index < -0.39 is 23.4 Å². The fraction of sp³-hybridized carbons (Fsp3) is 0.238. The minimum Gasteiger partial charge on any atom is -0.477 e. The summed E-state index contributed by atoms with van der Waals surface area (Å²) in [4.78, 5) is 41.6. The van der Waals surface area contributed by atoms with Crippen molar-refractivity contribution in [3.63, 3.8) is 0 Å². The van der Waals surface area contributed by atoms with Crippen LogP contribution >= 0.6 is 11.6 Å². The zero-order valence-corrected chi connectivity index (χ0v) is 16.7. The number of nitrogens with zero attached hydrogens (tertiary/aromatic N) is 2. The molecule has 1 amide bonds. The lowest BCUT2D eigenvalue weighted by molar-refractivity contribution is -0.132. The number of amides is 1. The Morgan fingerprint density at radius 1 is 1.23 bits per heavy atom. The smallest absolute Gasteiger partial charge is 0.410 e. The van der Waals surface area contributed by atoms with Crippen LogP contribution in [0.4, 0.5) is 4.79 Å². The van der Waals surface area contributed by atoms with Crippen LogP contribution in [0.5, 0.6) is 0 Å². The number of ether oxygens (including phenoxy) is 1. The van der Waals surface area contributed by atoms with E-state index in [0.29, 0.717) is 19.5 Å². The summed E-state index contributed by atoms with van der Waals surface area (Å²) in [5.41, 5.74) is 0.434. The molecule has 2 heterocycles. The number of aromatic nitrogens is 1.